The molecule has 0 saturated heterocycles. The van der Waals surface area contributed by atoms with Crippen molar-refractivity contribution in [2.75, 3.05) is 37.6 Å². The minimum atomic E-state index is 1.07. The van der Waals surface area contributed by atoms with Crippen molar-refractivity contribution in [1.82, 2.24) is 4.90 Å². The van der Waals surface area contributed by atoms with Crippen LogP contribution in [0.3, 0.4) is 0 Å². The van der Waals surface area contributed by atoms with E-state index in [9.17, 15) is 0 Å². The molecule has 0 aromatic heterocycles. The van der Waals surface area contributed by atoms with E-state index in [1.165, 1.54) is 11.3 Å². The van der Waals surface area contributed by atoms with E-state index in [0.717, 1.165) is 32.7 Å². The van der Waals surface area contributed by atoms with Crippen LogP contribution in [0.2, 0.25) is 0 Å². The second-order valence-corrected chi connectivity index (χ2v) is 4.45. The normalized spacial score (nSPS) is 10.9. The van der Waals surface area contributed by atoms with Gasteiger partial charge < -0.3 is 9.80 Å². The molecule has 0 aliphatic carbocycles. The number of anilines is 1. The van der Waals surface area contributed by atoms with E-state index < -0.39 is 0 Å². The van der Waals surface area contributed by atoms with Crippen molar-refractivity contribution in [2.24, 2.45) is 0 Å². The number of hydrogen-bond acceptors (Lipinski definition) is 2. The summed E-state index contributed by atoms with van der Waals surface area (Å²) in [6, 6.07) is 8.77. The Hall–Kier alpha value is -1.02. The van der Waals surface area contributed by atoms with E-state index in [0.29, 0.717) is 0 Å². The first-order chi connectivity index (χ1) is 8.21. The summed E-state index contributed by atoms with van der Waals surface area (Å²) in [7, 11) is 0. The molecule has 96 valence electrons. The molecule has 2 heteroatoms. The molecule has 0 unspecified atom stereocenters. The molecule has 1 aromatic rings. The fourth-order valence-corrected chi connectivity index (χ4v) is 2.10. The lowest BCUT2D eigenvalue weighted by atomic mass is 10.2. The minimum absolute atomic E-state index is 1.07. The Morgan fingerprint density at radius 2 is 1.65 bits per heavy atom. The van der Waals surface area contributed by atoms with Gasteiger partial charge in [0, 0.05) is 25.3 Å². The van der Waals surface area contributed by atoms with Gasteiger partial charge in [-0.05, 0) is 44.6 Å². The van der Waals surface area contributed by atoms with Crippen LogP contribution in [0.15, 0.2) is 24.3 Å². The predicted octanol–water partition coefficient (Wildman–Crippen LogP) is 3.16. The molecule has 17 heavy (non-hydrogen) atoms. The lowest BCUT2D eigenvalue weighted by Crippen LogP contribution is -2.35. The van der Waals surface area contributed by atoms with Crippen molar-refractivity contribution < 1.29 is 0 Å². The predicted molar refractivity (Wildman–Crippen MR) is 76.9 cm³/mol. The van der Waals surface area contributed by atoms with E-state index >= 15 is 0 Å². The number of aryl methyl sites for hydroxylation is 1. The van der Waals surface area contributed by atoms with Crippen molar-refractivity contribution in [3.05, 3.63) is 29.8 Å². The zero-order chi connectivity index (χ0) is 12.7. The first-order valence-corrected chi connectivity index (χ1v) is 6.75. The number of rotatable bonds is 7. The van der Waals surface area contributed by atoms with Gasteiger partial charge in [-0.15, -0.1) is 0 Å². The topological polar surface area (TPSA) is 6.48 Å². The quantitative estimate of drug-likeness (QED) is 0.715. The van der Waals surface area contributed by atoms with E-state index in [1.807, 2.05) is 0 Å². The summed E-state index contributed by atoms with van der Waals surface area (Å²) >= 11 is 0. The van der Waals surface area contributed by atoms with Gasteiger partial charge in [-0.2, -0.15) is 0 Å². The van der Waals surface area contributed by atoms with Gasteiger partial charge in [0.05, 0.1) is 0 Å². The summed E-state index contributed by atoms with van der Waals surface area (Å²) in [6.45, 7) is 14.5. The van der Waals surface area contributed by atoms with Crippen molar-refractivity contribution >= 4 is 5.69 Å². The maximum absolute atomic E-state index is 2.47. The Balaban J connectivity index is 2.59. The summed E-state index contributed by atoms with van der Waals surface area (Å²) in [4.78, 5) is 4.92. The Kier molecular flexibility index (Phi) is 6.06. The average Bonchev–Trinajstić information content (AvgIpc) is 2.35. The van der Waals surface area contributed by atoms with Gasteiger partial charge in [-0.3, -0.25) is 0 Å². The molecule has 0 bridgehead atoms. The molecule has 0 saturated carbocycles. The van der Waals surface area contributed by atoms with Crippen molar-refractivity contribution in [1.29, 1.82) is 0 Å². The minimum Gasteiger partial charge on any atom is -0.371 e. The standard InChI is InChI=1S/C15H26N2/c1-5-16(6-2)11-12-17(7-3)15-10-8-9-14(4)13-15/h8-10,13H,5-7,11-12H2,1-4H3. The zero-order valence-corrected chi connectivity index (χ0v) is 11.7. The monoisotopic (exact) mass is 234 g/mol. The lowest BCUT2D eigenvalue weighted by Gasteiger charge is -2.27. The average molecular weight is 234 g/mol. The molecule has 0 N–H and O–H groups in total. The van der Waals surface area contributed by atoms with Crippen LogP contribution in [-0.2, 0) is 0 Å². The van der Waals surface area contributed by atoms with Crippen LogP contribution in [0, 0.1) is 6.92 Å². The molecule has 0 aliphatic rings. The zero-order valence-electron chi connectivity index (χ0n) is 11.7. The number of hydrogen-bond donors (Lipinski definition) is 0. The largest absolute Gasteiger partial charge is 0.371 e. The Labute approximate surface area is 106 Å². The molecule has 0 radical (unpaired) electrons. The highest BCUT2D eigenvalue weighted by atomic mass is 15.2. The highest BCUT2D eigenvalue weighted by molar-refractivity contribution is 5.48. The summed E-state index contributed by atoms with van der Waals surface area (Å²) in [5, 5.41) is 0. The molecule has 2 nitrogen and oxygen atoms in total. The highest BCUT2D eigenvalue weighted by Gasteiger charge is 2.06. The summed E-state index contributed by atoms with van der Waals surface area (Å²) in [5.41, 5.74) is 2.68. The van der Waals surface area contributed by atoms with Crippen LogP contribution < -0.4 is 4.90 Å². The van der Waals surface area contributed by atoms with E-state index in [-0.39, 0.29) is 0 Å². The van der Waals surface area contributed by atoms with Gasteiger partial charge in [-0.25, -0.2) is 0 Å². The third-order valence-corrected chi connectivity index (χ3v) is 3.33. The maximum Gasteiger partial charge on any atom is 0.0369 e. The van der Waals surface area contributed by atoms with Gasteiger partial charge in [0.2, 0.25) is 0 Å². The summed E-state index contributed by atoms with van der Waals surface area (Å²) in [6.07, 6.45) is 0. The molecule has 0 aliphatic heterocycles. The van der Waals surface area contributed by atoms with Crippen LogP contribution in [0.4, 0.5) is 5.69 Å². The molecule has 0 amide bonds. The van der Waals surface area contributed by atoms with Crippen molar-refractivity contribution in [3.63, 3.8) is 0 Å². The van der Waals surface area contributed by atoms with Crippen LogP contribution in [0.1, 0.15) is 26.3 Å². The van der Waals surface area contributed by atoms with Gasteiger partial charge in [-0.1, -0.05) is 26.0 Å². The molecule has 1 aromatic carbocycles. The highest BCUT2D eigenvalue weighted by Crippen LogP contribution is 2.15. The Morgan fingerprint density at radius 1 is 0.941 bits per heavy atom. The third kappa shape index (κ3) is 4.39. The van der Waals surface area contributed by atoms with Crippen LogP contribution in [0.25, 0.3) is 0 Å². The first-order valence-electron chi connectivity index (χ1n) is 6.75. The molecule has 1 rings (SSSR count). The van der Waals surface area contributed by atoms with Gasteiger partial charge in [0.1, 0.15) is 0 Å². The smallest absolute Gasteiger partial charge is 0.0369 e. The first kappa shape index (κ1) is 14.0. The van der Waals surface area contributed by atoms with Crippen LogP contribution in [0.5, 0.6) is 0 Å². The second-order valence-electron chi connectivity index (χ2n) is 4.45. The fraction of sp³-hybridized carbons (Fsp3) is 0.600. The van der Waals surface area contributed by atoms with E-state index in [1.54, 1.807) is 0 Å². The second kappa shape index (κ2) is 7.33. The summed E-state index contributed by atoms with van der Waals surface area (Å²) in [5.74, 6) is 0. The fourth-order valence-electron chi connectivity index (χ4n) is 2.10. The van der Waals surface area contributed by atoms with Gasteiger partial charge in [0.25, 0.3) is 0 Å². The van der Waals surface area contributed by atoms with Gasteiger partial charge in [0.15, 0.2) is 0 Å². The lowest BCUT2D eigenvalue weighted by molar-refractivity contribution is 0.310. The Bertz CT molecular complexity index is 318. The van der Waals surface area contributed by atoms with Crippen LogP contribution in [-0.4, -0.2) is 37.6 Å². The van der Waals surface area contributed by atoms with E-state index in [2.05, 4.69) is 61.8 Å². The number of nitrogens with zero attached hydrogens (tertiary/aromatic N) is 2. The maximum atomic E-state index is 2.47. The molecule has 0 heterocycles. The molecule has 0 fully saturated rings. The number of likely N-dealkylation sites (N-methyl/N-ethyl adjacent to an activating group) is 2. The van der Waals surface area contributed by atoms with Crippen molar-refractivity contribution in [3.8, 4) is 0 Å². The third-order valence-electron chi connectivity index (χ3n) is 3.33. The SMILES string of the molecule is CCN(CC)CCN(CC)c1cccc(C)c1. The summed E-state index contributed by atoms with van der Waals surface area (Å²) < 4.78 is 0. The van der Waals surface area contributed by atoms with Crippen LogP contribution >= 0.6 is 0 Å². The van der Waals surface area contributed by atoms with Crippen molar-refractivity contribution in [2.45, 2.75) is 27.7 Å². The Morgan fingerprint density at radius 3 is 2.18 bits per heavy atom. The molecule has 0 atom stereocenters. The number of benzene rings is 1. The van der Waals surface area contributed by atoms with E-state index in [4.69, 9.17) is 0 Å². The van der Waals surface area contributed by atoms with Gasteiger partial charge >= 0.3 is 0 Å². The molecular formula is C15H26N2. The molecule has 0 spiro atoms. The molecular weight excluding hydrogens is 208 g/mol.